The van der Waals surface area contributed by atoms with Gasteiger partial charge in [-0.15, -0.1) is 0 Å². The Hall–Kier alpha value is -2.03. The van der Waals surface area contributed by atoms with E-state index in [1.54, 1.807) is 6.92 Å². The van der Waals surface area contributed by atoms with Crippen LogP contribution < -0.4 is 0 Å². The number of carbonyl (C=O) groups is 1. The number of aryl methyl sites for hydroxylation is 1. The van der Waals surface area contributed by atoms with E-state index in [2.05, 4.69) is 16.7 Å². The van der Waals surface area contributed by atoms with Crippen molar-refractivity contribution in [2.24, 2.45) is 7.05 Å². The van der Waals surface area contributed by atoms with Crippen LogP contribution >= 0.6 is 0 Å². The Labute approximate surface area is 107 Å². The van der Waals surface area contributed by atoms with Crippen molar-refractivity contribution in [1.82, 2.24) is 4.57 Å². The summed E-state index contributed by atoms with van der Waals surface area (Å²) in [6.07, 6.45) is 3.31. The molecule has 0 saturated heterocycles. The number of benzene rings is 1. The van der Waals surface area contributed by atoms with Crippen LogP contribution in [0.15, 0.2) is 30.3 Å². The summed E-state index contributed by atoms with van der Waals surface area (Å²) < 4.78 is 7.01. The molecule has 0 amide bonds. The number of nitrogens with zero attached hydrogens (tertiary/aromatic N) is 1. The molecule has 1 aromatic carbocycles. The van der Waals surface area contributed by atoms with Crippen molar-refractivity contribution in [3.8, 4) is 0 Å². The summed E-state index contributed by atoms with van der Waals surface area (Å²) in [5.41, 5.74) is 3.37. The largest absolute Gasteiger partial charge is 0.463 e. The smallest absolute Gasteiger partial charge is 0.330 e. The predicted octanol–water partition coefficient (Wildman–Crippen LogP) is 3.06. The molecule has 0 N–H and O–H groups in total. The van der Waals surface area contributed by atoms with Gasteiger partial charge >= 0.3 is 5.97 Å². The second-order valence-corrected chi connectivity index (χ2v) is 4.16. The molecule has 0 fully saturated rings. The number of fused-ring (bicyclic) bond motifs is 1. The minimum absolute atomic E-state index is 0.301. The van der Waals surface area contributed by atoms with E-state index >= 15 is 0 Å². The monoisotopic (exact) mass is 243 g/mol. The van der Waals surface area contributed by atoms with Crippen LogP contribution in [0.4, 0.5) is 0 Å². The maximum Gasteiger partial charge on any atom is 0.330 e. The SMILES string of the molecule is CCOC(=O)/C=C/c1c(C)n(C)c2ccccc12. The molecular formula is C15H17NO2. The molecule has 0 aliphatic heterocycles. The molecule has 0 bridgehead atoms. The highest BCUT2D eigenvalue weighted by molar-refractivity contribution is 5.95. The number of aromatic nitrogens is 1. The minimum atomic E-state index is -0.301. The van der Waals surface area contributed by atoms with Gasteiger partial charge < -0.3 is 9.30 Å². The quantitative estimate of drug-likeness (QED) is 0.613. The van der Waals surface area contributed by atoms with Crippen LogP contribution in [0, 0.1) is 6.92 Å². The molecule has 3 nitrogen and oxygen atoms in total. The predicted molar refractivity (Wildman–Crippen MR) is 73.3 cm³/mol. The van der Waals surface area contributed by atoms with Crippen molar-refractivity contribution in [2.75, 3.05) is 6.61 Å². The molecule has 0 spiro atoms. The van der Waals surface area contributed by atoms with Crippen LogP contribution in [0.3, 0.4) is 0 Å². The number of hydrogen-bond donors (Lipinski definition) is 0. The summed E-state index contributed by atoms with van der Waals surface area (Å²) in [5, 5.41) is 1.15. The Bertz CT molecular complexity index is 608. The number of esters is 1. The normalized spacial score (nSPS) is 11.3. The lowest BCUT2D eigenvalue weighted by atomic mass is 10.1. The Kier molecular flexibility index (Phi) is 3.51. The zero-order valence-corrected chi connectivity index (χ0v) is 10.9. The molecule has 18 heavy (non-hydrogen) atoms. The van der Waals surface area contributed by atoms with E-state index in [4.69, 9.17) is 4.74 Å². The summed E-state index contributed by atoms with van der Waals surface area (Å²) in [5.74, 6) is -0.301. The van der Waals surface area contributed by atoms with Crippen LogP contribution in [0.5, 0.6) is 0 Å². The average Bonchev–Trinajstić information content (AvgIpc) is 2.61. The van der Waals surface area contributed by atoms with E-state index in [-0.39, 0.29) is 5.97 Å². The Morgan fingerprint density at radius 2 is 2.11 bits per heavy atom. The van der Waals surface area contributed by atoms with Gasteiger partial charge in [-0.3, -0.25) is 0 Å². The molecule has 2 rings (SSSR count). The Balaban J connectivity index is 2.45. The minimum Gasteiger partial charge on any atom is -0.463 e. The molecule has 0 aliphatic rings. The van der Waals surface area contributed by atoms with Gasteiger partial charge in [0.05, 0.1) is 6.61 Å². The zero-order chi connectivity index (χ0) is 13.1. The van der Waals surface area contributed by atoms with Gasteiger partial charge in [0.2, 0.25) is 0 Å². The number of carbonyl (C=O) groups excluding carboxylic acids is 1. The van der Waals surface area contributed by atoms with Crippen molar-refractivity contribution < 1.29 is 9.53 Å². The van der Waals surface area contributed by atoms with Crippen molar-refractivity contribution in [2.45, 2.75) is 13.8 Å². The molecule has 0 saturated carbocycles. The fourth-order valence-electron chi connectivity index (χ4n) is 2.10. The van der Waals surface area contributed by atoms with Crippen molar-refractivity contribution in [1.29, 1.82) is 0 Å². The lowest BCUT2D eigenvalue weighted by Crippen LogP contribution is -1.98. The summed E-state index contributed by atoms with van der Waals surface area (Å²) in [4.78, 5) is 11.4. The zero-order valence-electron chi connectivity index (χ0n) is 10.9. The summed E-state index contributed by atoms with van der Waals surface area (Å²) in [7, 11) is 2.03. The first-order valence-corrected chi connectivity index (χ1v) is 6.04. The molecule has 0 unspecified atom stereocenters. The van der Waals surface area contributed by atoms with Crippen LogP contribution in [0.2, 0.25) is 0 Å². The second-order valence-electron chi connectivity index (χ2n) is 4.16. The van der Waals surface area contributed by atoms with E-state index in [9.17, 15) is 4.79 Å². The highest BCUT2D eigenvalue weighted by Crippen LogP contribution is 2.25. The maximum absolute atomic E-state index is 11.4. The van der Waals surface area contributed by atoms with E-state index < -0.39 is 0 Å². The van der Waals surface area contributed by atoms with E-state index in [1.165, 1.54) is 11.6 Å². The third-order valence-electron chi connectivity index (χ3n) is 3.12. The highest BCUT2D eigenvalue weighted by atomic mass is 16.5. The third-order valence-corrected chi connectivity index (χ3v) is 3.12. The lowest BCUT2D eigenvalue weighted by Gasteiger charge is -1.98. The van der Waals surface area contributed by atoms with Crippen molar-refractivity contribution >= 4 is 22.9 Å². The lowest BCUT2D eigenvalue weighted by molar-refractivity contribution is -0.137. The topological polar surface area (TPSA) is 31.2 Å². The first-order valence-electron chi connectivity index (χ1n) is 6.04. The molecule has 0 atom stereocenters. The average molecular weight is 243 g/mol. The Morgan fingerprint density at radius 1 is 1.39 bits per heavy atom. The summed E-state index contributed by atoms with van der Waals surface area (Å²) in [6, 6.07) is 8.15. The van der Waals surface area contributed by atoms with Gasteiger partial charge in [0.1, 0.15) is 0 Å². The van der Waals surface area contributed by atoms with Gasteiger partial charge in [-0.1, -0.05) is 18.2 Å². The Morgan fingerprint density at radius 3 is 2.83 bits per heavy atom. The molecule has 2 aromatic rings. The molecular weight excluding hydrogens is 226 g/mol. The van der Waals surface area contributed by atoms with Crippen LogP contribution in [-0.2, 0) is 16.6 Å². The van der Waals surface area contributed by atoms with E-state index in [0.717, 1.165) is 16.6 Å². The highest BCUT2D eigenvalue weighted by Gasteiger charge is 2.08. The molecule has 3 heteroatoms. The molecule has 0 radical (unpaired) electrons. The van der Waals surface area contributed by atoms with Gasteiger partial charge in [0.15, 0.2) is 0 Å². The van der Waals surface area contributed by atoms with Crippen molar-refractivity contribution in [3.05, 3.63) is 41.6 Å². The van der Waals surface area contributed by atoms with E-state index in [0.29, 0.717) is 6.61 Å². The maximum atomic E-state index is 11.4. The van der Waals surface area contributed by atoms with E-state index in [1.807, 2.05) is 32.2 Å². The van der Waals surface area contributed by atoms with Gasteiger partial charge in [-0.05, 0) is 26.0 Å². The van der Waals surface area contributed by atoms with Gasteiger partial charge in [0, 0.05) is 35.3 Å². The van der Waals surface area contributed by atoms with Crippen LogP contribution in [-0.4, -0.2) is 17.1 Å². The fraction of sp³-hybridized carbons (Fsp3) is 0.267. The van der Waals surface area contributed by atoms with Crippen LogP contribution in [0.25, 0.3) is 17.0 Å². The third kappa shape index (κ3) is 2.16. The molecule has 1 heterocycles. The van der Waals surface area contributed by atoms with Crippen LogP contribution in [0.1, 0.15) is 18.2 Å². The first kappa shape index (κ1) is 12.4. The van der Waals surface area contributed by atoms with Gasteiger partial charge in [0.25, 0.3) is 0 Å². The van der Waals surface area contributed by atoms with Gasteiger partial charge in [-0.2, -0.15) is 0 Å². The van der Waals surface area contributed by atoms with Gasteiger partial charge in [-0.25, -0.2) is 4.79 Å². The molecule has 94 valence electrons. The summed E-state index contributed by atoms with van der Waals surface area (Å²) in [6.45, 7) is 4.25. The van der Waals surface area contributed by atoms with Crippen molar-refractivity contribution in [3.63, 3.8) is 0 Å². The number of hydrogen-bond acceptors (Lipinski definition) is 2. The standard InChI is InChI=1S/C15H17NO2/c1-4-18-15(17)10-9-12-11(2)16(3)14-8-6-5-7-13(12)14/h5-10H,4H2,1-3H3/b10-9+. The number of para-hydroxylation sites is 1. The number of ether oxygens (including phenoxy) is 1. The number of rotatable bonds is 3. The summed E-state index contributed by atoms with van der Waals surface area (Å²) >= 11 is 0. The fourth-order valence-corrected chi connectivity index (χ4v) is 2.10. The molecule has 0 aliphatic carbocycles. The molecule has 1 aromatic heterocycles. The first-order chi connectivity index (χ1) is 8.65. The second kappa shape index (κ2) is 5.08.